The minimum atomic E-state index is -0.385. The largest absolute Gasteiger partial charge is 0.462 e. The second-order valence-electron chi connectivity index (χ2n) is 5.57. The van der Waals surface area contributed by atoms with Crippen molar-refractivity contribution in [3.05, 3.63) is 36.0 Å². The summed E-state index contributed by atoms with van der Waals surface area (Å²) in [4.78, 5) is 16.4. The molecule has 2 N–H and O–H groups in total. The highest BCUT2D eigenvalue weighted by molar-refractivity contribution is 5.96. The van der Waals surface area contributed by atoms with E-state index in [1.165, 1.54) is 6.20 Å². The molecule has 1 saturated heterocycles. The number of anilines is 3. The summed E-state index contributed by atoms with van der Waals surface area (Å²) in [6.07, 6.45) is 3.80. The molecule has 1 aliphatic heterocycles. The molecule has 1 aromatic heterocycles. The van der Waals surface area contributed by atoms with Crippen LogP contribution >= 0.6 is 0 Å². The average Bonchev–Trinajstić information content (AvgIpc) is 3.15. The molecule has 25 heavy (non-hydrogen) atoms. The van der Waals surface area contributed by atoms with Crippen LogP contribution < -0.4 is 10.6 Å². The number of nitrogens with zero attached hydrogens (tertiary/aromatic N) is 3. The number of para-hydroxylation sites is 1. The molecule has 0 bridgehead atoms. The molecule has 2 heterocycles. The fourth-order valence-corrected chi connectivity index (χ4v) is 2.57. The Morgan fingerprint density at radius 2 is 2.28 bits per heavy atom. The van der Waals surface area contributed by atoms with Crippen molar-refractivity contribution in [2.24, 2.45) is 0 Å². The first-order valence-corrected chi connectivity index (χ1v) is 8.34. The molecular weight excluding hydrogens is 322 g/mol. The zero-order valence-corrected chi connectivity index (χ0v) is 14.1. The van der Waals surface area contributed by atoms with Crippen LogP contribution in [0, 0.1) is 0 Å². The fraction of sp³-hybridized carbons (Fsp3) is 0.412. The van der Waals surface area contributed by atoms with Gasteiger partial charge in [0.2, 0.25) is 5.95 Å². The lowest BCUT2D eigenvalue weighted by atomic mass is 10.2. The highest BCUT2D eigenvalue weighted by Crippen LogP contribution is 2.20. The number of carbonyl (C=O) groups excluding carboxylic acids is 1. The van der Waals surface area contributed by atoms with Gasteiger partial charge in [0.1, 0.15) is 0 Å². The fourth-order valence-electron chi connectivity index (χ4n) is 2.57. The van der Waals surface area contributed by atoms with Gasteiger partial charge in [-0.3, -0.25) is 0 Å². The lowest BCUT2D eigenvalue weighted by Gasteiger charge is -2.12. The number of ether oxygens (including phenoxy) is 2. The number of carbonyl (C=O) groups is 1. The third-order valence-electron chi connectivity index (χ3n) is 3.76. The standard InChI is InChI=1S/C17H21N5O3/c1-2-24-16(23)13-7-3-4-8-14(13)20-15-11-19-22-17(21-15)18-10-12-6-5-9-25-12/h3-4,7-8,11-12H,2,5-6,9-10H2,1H3,(H2,18,20,21,22). The Kier molecular flexibility index (Phi) is 5.73. The quantitative estimate of drug-likeness (QED) is 0.740. The first kappa shape index (κ1) is 17.1. The summed E-state index contributed by atoms with van der Waals surface area (Å²) in [5, 5.41) is 14.1. The Morgan fingerprint density at radius 1 is 1.40 bits per heavy atom. The van der Waals surface area contributed by atoms with Crippen molar-refractivity contribution >= 4 is 23.4 Å². The van der Waals surface area contributed by atoms with Crippen molar-refractivity contribution in [1.82, 2.24) is 15.2 Å². The summed E-state index contributed by atoms with van der Waals surface area (Å²) in [5.74, 6) is 0.514. The molecule has 2 aromatic rings. The van der Waals surface area contributed by atoms with E-state index >= 15 is 0 Å². The summed E-state index contributed by atoms with van der Waals surface area (Å²) < 4.78 is 10.6. The summed E-state index contributed by atoms with van der Waals surface area (Å²) in [7, 11) is 0. The monoisotopic (exact) mass is 343 g/mol. The van der Waals surface area contributed by atoms with E-state index in [0.717, 1.165) is 19.4 Å². The van der Waals surface area contributed by atoms with E-state index in [1.54, 1.807) is 25.1 Å². The van der Waals surface area contributed by atoms with E-state index in [4.69, 9.17) is 9.47 Å². The maximum Gasteiger partial charge on any atom is 0.340 e. The van der Waals surface area contributed by atoms with Crippen molar-refractivity contribution in [3.8, 4) is 0 Å². The highest BCUT2D eigenvalue weighted by Gasteiger charge is 2.16. The van der Waals surface area contributed by atoms with Crippen molar-refractivity contribution in [2.45, 2.75) is 25.9 Å². The number of benzene rings is 1. The van der Waals surface area contributed by atoms with Gasteiger partial charge in [0.25, 0.3) is 0 Å². The third kappa shape index (κ3) is 4.63. The van der Waals surface area contributed by atoms with E-state index in [2.05, 4.69) is 25.8 Å². The SMILES string of the molecule is CCOC(=O)c1ccccc1Nc1cnnc(NCC2CCCO2)n1. The van der Waals surface area contributed by atoms with Gasteiger partial charge >= 0.3 is 5.97 Å². The Morgan fingerprint density at radius 3 is 3.08 bits per heavy atom. The molecule has 8 nitrogen and oxygen atoms in total. The molecule has 1 aliphatic rings. The number of aromatic nitrogens is 3. The van der Waals surface area contributed by atoms with E-state index in [1.807, 2.05) is 6.07 Å². The molecule has 0 amide bonds. The normalized spacial score (nSPS) is 16.4. The summed E-state index contributed by atoms with van der Waals surface area (Å²) in [6, 6.07) is 7.10. The predicted molar refractivity (Wildman–Crippen MR) is 93.0 cm³/mol. The molecule has 132 valence electrons. The predicted octanol–water partition coefficient (Wildman–Crippen LogP) is 2.38. The lowest BCUT2D eigenvalue weighted by molar-refractivity contribution is 0.0527. The number of hydrogen-bond donors (Lipinski definition) is 2. The highest BCUT2D eigenvalue weighted by atomic mass is 16.5. The number of hydrogen-bond acceptors (Lipinski definition) is 8. The number of rotatable bonds is 7. The van der Waals surface area contributed by atoms with Crippen LogP contribution in [0.3, 0.4) is 0 Å². The van der Waals surface area contributed by atoms with Crippen LogP contribution in [0.2, 0.25) is 0 Å². The van der Waals surface area contributed by atoms with Gasteiger partial charge in [0.15, 0.2) is 5.82 Å². The Labute approximate surface area is 146 Å². The van der Waals surface area contributed by atoms with E-state index in [0.29, 0.717) is 36.2 Å². The molecule has 0 aliphatic carbocycles. The minimum Gasteiger partial charge on any atom is -0.462 e. The molecule has 0 spiro atoms. The summed E-state index contributed by atoms with van der Waals surface area (Å²) in [6.45, 7) is 3.54. The van der Waals surface area contributed by atoms with Gasteiger partial charge in [-0.05, 0) is 31.9 Å². The van der Waals surface area contributed by atoms with Gasteiger partial charge < -0.3 is 20.1 Å². The van der Waals surface area contributed by atoms with Crippen LogP contribution in [0.25, 0.3) is 0 Å². The van der Waals surface area contributed by atoms with Gasteiger partial charge in [-0.1, -0.05) is 12.1 Å². The number of nitrogens with one attached hydrogen (secondary N) is 2. The smallest absolute Gasteiger partial charge is 0.340 e. The van der Waals surface area contributed by atoms with Crippen LogP contribution in [-0.4, -0.2) is 47.0 Å². The van der Waals surface area contributed by atoms with Gasteiger partial charge in [-0.2, -0.15) is 10.1 Å². The zero-order chi connectivity index (χ0) is 17.5. The van der Waals surface area contributed by atoms with Crippen molar-refractivity contribution in [2.75, 3.05) is 30.4 Å². The molecule has 0 saturated carbocycles. The van der Waals surface area contributed by atoms with Crippen LogP contribution in [0.5, 0.6) is 0 Å². The lowest BCUT2D eigenvalue weighted by Crippen LogP contribution is -2.20. The summed E-state index contributed by atoms with van der Waals surface area (Å²) in [5.41, 5.74) is 1.04. The van der Waals surface area contributed by atoms with Crippen LogP contribution in [0.4, 0.5) is 17.5 Å². The molecule has 8 heteroatoms. The maximum absolute atomic E-state index is 12.0. The average molecular weight is 343 g/mol. The molecule has 1 fully saturated rings. The summed E-state index contributed by atoms with van der Waals surface area (Å²) >= 11 is 0. The Balaban J connectivity index is 1.68. The first-order chi connectivity index (χ1) is 12.3. The van der Waals surface area contributed by atoms with Crippen LogP contribution in [0.15, 0.2) is 30.5 Å². The Hall–Kier alpha value is -2.74. The van der Waals surface area contributed by atoms with Crippen molar-refractivity contribution in [3.63, 3.8) is 0 Å². The van der Waals surface area contributed by atoms with E-state index in [-0.39, 0.29) is 12.1 Å². The third-order valence-corrected chi connectivity index (χ3v) is 3.76. The second kappa shape index (κ2) is 8.39. The topological polar surface area (TPSA) is 98.3 Å². The molecule has 0 radical (unpaired) electrons. The van der Waals surface area contributed by atoms with Crippen molar-refractivity contribution in [1.29, 1.82) is 0 Å². The first-order valence-electron chi connectivity index (χ1n) is 8.34. The van der Waals surface area contributed by atoms with E-state index in [9.17, 15) is 4.79 Å². The Bertz CT molecular complexity index is 719. The van der Waals surface area contributed by atoms with Gasteiger partial charge in [0, 0.05) is 13.2 Å². The van der Waals surface area contributed by atoms with Gasteiger partial charge in [-0.25, -0.2) is 4.79 Å². The zero-order valence-electron chi connectivity index (χ0n) is 14.1. The molecular formula is C17H21N5O3. The number of esters is 1. The van der Waals surface area contributed by atoms with E-state index < -0.39 is 0 Å². The van der Waals surface area contributed by atoms with Gasteiger partial charge in [0.05, 0.1) is 30.2 Å². The van der Waals surface area contributed by atoms with Crippen LogP contribution in [0.1, 0.15) is 30.1 Å². The second-order valence-corrected chi connectivity index (χ2v) is 5.57. The van der Waals surface area contributed by atoms with Crippen LogP contribution in [-0.2, 0) is 9.47 Å². The van der Waals surface area contributed by atoms with Crippen molar-refractivity contribution < 1.29 is 14.3 Å². The minimum absolute atomic E-state index is 0.185. The molecule has 3 rings (SSSR count). The molecule has 1 unspecified atom stereocenters. The molecule has 1 aromatic carbocycles. The maximum atomic E-state index is 12.0. The van der Waals surface area contributed by atoms with Gasteiger partial charge in [-0.15, -0.1) is 5.10 Å². The molecule has 1 atom stereocenters.